The summed E-state index contributed by atoms with van der Waals surface area (Å²) in [6, 6.07) is 15.5. The molecule has 3 rings (SSSR count). The van der Waals surface area contributed by atoms with E-state index in [0.29, 0.717) is 6.54 Å². The molecule has 2 aromatic carbocycles. The van der Waals surface area contributed by atoms with Crippen LogP contribution in [0.25, 0.3) is 0 Å². The molecule has 0 radical (unpaired) electrons. The van der Waals surface area contributed by atoms with Crippen LogP contribution in [0, 0.1) is 17.0 Å². The number of benzene rings is 2. The summed E-state index contributed by atoms with van der Waals surface area (Å²) in [5, 5.41) is 25.9. The highest BCUT2D eigenvalue weighted by Gasteiger charge is 2.20. The highest BCUT2D eigenvalue weighted by atomic mass is 16.6. The number of hydrogen-bond donors (Lipinski definition) is 2. The summed E-state index contributed by atoms with van der Waals surface area (Å²) in [6.45, 7) is 7.65. The molecule has 0 atom stereocenters. The molecule has 1 aliphatic rings. The van der Waals surface area contributed by atoms with Crippen LogP contribution in [0.5, 0.6) is 0 Å². The van der Waals surface area contributed by atoms with Crippen LogP contribution in [0.1, 0.15) is 16.7 Å². The fourth-order valence-electron chi connectivity index (χ4n) is 3.20. The Balaban J connectivity index is 0.000000469. The van der Waals surface area contributed by atoms with Crippen LogP contribution < -0.4 is 0 Å². The van der Waals surface area contributed by atoms with Crippen LogP contribution in [-0.2, 0) is 22.7 Å². The van der Waals surface area contributed by atoms with Crippen molar-refractivity contribution in [2.24, 2.45) is 0 Å². The van der Waals surface area contributed by atoms with E-state index in [4.69, 9.17) is 19.8 Å². The molecule has 2 aromatic rings. The lowest BCUT2D eigenvalue weighted by Crippen LogP contribution is -2.45. The van der Waals surface area contributed by atoms with Crippen LogP contribution in [0.4, 0.5) is 5.69 Å². The molecule has 9 heteroatoms. The minimum absolute atomic E-state index is 0.222. The van der Waals surface area contributed by atoms with Gasteiger partial charge in [0.2, 0.25) is 0 Å². The minimum atomic E-state index is -1.82. The molecule has 0 saturated carbocycles. The Hall–Kier alpha value is -3.30. The number of aryl methyl sites for hydroxylation is 1. The Morgan fingerprint density at radius 2 is 1.30 bits per heavy atom. The number of hydrogen-bond acceptors (Lipinski definition) is 6. The Labute approximate surface area is 174 Å². The lowest BCUT2D eigenvalue weighted by molar-refractivity contribution is -0.385. The third kappa shape index (κ3) is 6.94. The third-order valence-corrected chi connectivity index (χ3v) is 4.89. The fourth-order valence-corrected chi connectivity index (χ4v) is 3.20. The van der Waals surface area contributed by atoms with Gasteiger partial charge in [0.25, 0.3) is 5.69 Å². The molecule has 9 nitrogen and oxygen atoms in total. The smallest absolute Gasteiger partial charge is 0.414 e. The van der Waals surface area contributed by atoms with Crippen LogP contribution in [-0.4, -0.2) is 63.1 Å². The van der Waals surface area contributed by atoms with Gasteiger partial charge in [0.1, 0.15) is 0 Å². The van der Waals surface area contributed by atoms with Gasteiger partial charge in [-0.1, -0.05) is 42.5 Å². The lowest BCUT2D eigenvalue weighted by Gasteiger charge is -2.34. The van der Waals surface area contributed by atoms with Gasteiger partial charge in [-0.15, -0.1) is 0 Å². The third-order valence-electron chi connectivity index (χ3n) is 4.89. The number of carboxylic acid groups (broad SMARTS) is 2. The number of carboxylic acids is 2. The number of para-hydroxylation sites is 1. The summed E-state index contributed by atoms with van der Waals surface area (Å²) in [5.74, 6) is -3.65. The minimum Gasteiger partial charge on any atom is -0.473 e. The van der Waals surface area contributed by atoms with Gasteiger partial charge in [0, 0.05) is 50.9 Å². The number of carbonyl (C=O) groups is 2. The van der Waals surface area contributed by atoms with E-state index in [1.165, 1.54) is 11.1 Å². The highest BCUT2D eigenvalue weighted by Crippen LogP contribution is 2.20. The molecular formula is C21H25N3O6. The summed E-state index contributed by atoms with van der Waals surface area (Å²) in [7, 11) is 0. The van der Waals surface area contributed by atoms with Crippen LogP contribution in [0.2, 0.25) is 0 Å². The molecule has 1 aliphatic heterocycles. The van der Waals surface area contributed by atoms with E-state index >= 15 is 0 Å². The maximum atomic E-state index is 11.1. The molecular weight excluding hydrogens is 390 g/mol. The van der Waals surface area contributed by atoms with Crippen molar-refractivity contribution in [3.63, 3.8) is 0 Å². The Morgan fingerprint density at radius 1 is 0.867 bits per heavy atom. The van der Waals surface area contributed by atoms with Crippen molar-refractivity contribution in [1.82, 2.24) is 9.80 Å². The second-order valence-electron chi connectivity index (χ2n) is 6.97. The molecule has 0 unspecified atom stereocenters. The van der Waals surface area contributed by atoms with Gasteiger partial charge in [0.05, 0.1) is 4.92 Å². The average Bonchev–Trinajstić information content (AvgIpc) is 2.72. The van der Waals surface area contributed by atoms with Gasteiger partial charge in [-0.25, -0.2) is 9.59 Å². The summed E-state index contributed by atoms with van der Waals surface area (Å²) in [6.07, 6.45) is 0. The number of aliphatic carboxylic acids is 2. The molecule has 0 amide bonds. The summed E-state index contributed by atoms with van der Waals surface area (Å²) < 4.78 is 0. The molecule has 0 spiro atoms. The van der Waals surface area contributed by atoms with Crippen molar-refractivity contribution in [1.29, 1.82) is 0 Å². The van der Waals surface area contributed by atoms with Crippen molar-refractivity contribution >= 4 is 17.6 Å². The van der Waals surface area contributed by atoms with Crippen molar-refractivity contribution in [2.45, 2.75) is 20.0 Å². The van der Waals surface area contributed by atoms with E-state index < -0.39 is 11.9 Å². The largest absolute Gasteiger partial charge is 0.473 e. The van der Waals surface area contributed by atoms with Crippen molar-refractivity contribution in [3.05, 3.63) is 75.3 Å². The number of rotatable bonds is 5. The maximum absolute atomic E-state index is 11.1. The Bertz CT molecular complexity index is 882. The molecule has 0 bridgehead atoms. The number of piperazine rings is 1. The first-order valence-corrected chi connectivity index (χ1v) is 9.45. The van der Waals surface area contributed by atoms with Gasteiger partial charge >= 0.3 is 11.9 Å². The molecule has 0 aromatic heterocycles. The van der Waals surface area contributed by atoms with Gasteiger partial charge in [-0.05, 0) is 18.1 Å². The van der Waals surface area contributed by atoms with E-state index in [0.717, 1.165) is 38.3 Å². The van der Waals surface area contributed by atoms with Gasteiger partial charge in [-0.3, -0.25) is 19.9 Å². The van der Waals surface area contributed by atoms with E-state index in [9.17, 15) is 10.1 Å². The lowest BCUT2D eigenvalue weighted by atomic mass is 10.1. The monoisotopic (exact) mass is 415 g/mol. The second-order valence-corrected chi connectivity index (χ2v) is 6.97. The zero-order valence-electron chi connectivity index (χ0n) is 16.7. The quantitative estimate of drug-likeness (QED) is 0.433. The molecule has 1 fully saturated rings. The summed E-state index contributed by atoms with van der Waals surface area (Å²) in [5.41, 5.74) is 3.74. The zero-order chi connectivity index (χ0) is 22.1. The number of nitrogens with zero attached hydrogens (tertiary/aromatic N) is 3. The van der Waals surface area contributed by atoms with Gasteiger partial charge < -0.3 is 10.2 Å². The van der Waals surface area contributed by atoms with Crippen LogP contribution in [0.15, 0.2) is 48.5 Å². The topological polar surface area (TPSA) is 124 Å². The molecule has 0 aliphatic carbocycles. The standard InChI is InChI=1S/C19H23N3O2.C2H2O4/c1-16-6-2-3-7-17(16)14-20-10-12-21(13-11-20)15-18-8-4-5-9-19(18)22(23)24;3-1(4)2(5)6/h2-9H,10-15H2,1H3;(H,3,4)(H,5,6). The van der Waals surface area contributed by atoms with Crippen LogP contribution in [0.3, 0.4) is 0 Å². The highest BCUT2D eigenvalue weighted by molar-refractivity contribution is 6.27. The zero-order valence-corrected chi connectivity index (χ0v) is 16.7. The average molecular weight is 415 g/mol. The van der Waals surface area contributed by atoms with Crippen molar-refractivity contribution < 1.29 is 24.7 Å². The molecule has 1 heterocycles. The SMILES string of the molecule is Cc1ccccc1CN1CCN(Cc2ccccc2[N+](=O)[O-])CC1.O=C(O)C(=O)O. The van der Waals surface area contributed by atoms with E-state index in [2.05, 4.69) is 41.0 Å². The first-order valence-electron chi connectivity index (χ1n) is 9.45. The first-order chi connectivity index (χ1) is 14.3. The predicted octanol–water partition coefficient (Wildman–Crippen LogP) is 2.38. The fraction of sp³-hybridized carbons (Fsp3) is 0.333. The van der Waals surface area contributed by atoms with Gasteiger partial charge in [-0.2, -0.15) is 0 Å². The maximum Gasteiger partial charge on any atom is 0.414 e. The predicted molar refractivity (Wildman–Crippen MR) is 110 cm³/mol. The second kappa shape index (κ2) is 11.0. The summed E-state index contributed by atoms with van der Waals surface area (Å²) >= 11 is 0. The normalized spacial score (nSPS) is 14.4. The summed E-state index contributed by atoms with van der Waals surface area (Å²) in [4.78, 5) is 33.8. The van der Waals surface area contributed by atoms with Crippen molar-refractivity contribution in [2.75, 3.05) is 26.2 Å². The molecule has 2 N–H and O–H groups in total. The molecule has 1 saturated heterocycles. The first kappa shape index (κ1) is 23.0. The van der Waals surface area contributed by atoms with E-state index in [1.54, 1.807) is 12.1 Å². The Kier molecular flexibility index (Phi) is 8.45. The molecule has 160 valence electrons. The van der Waals surface area contributed by atoms with E-state index in [1.807, 2.05) is 12.1 Å². The van der Waals surface area contributed by atoms with E-state index in [-0.39, 0.29) is 10.6 Å². The Morgan fingerprint density at radius 3 is 1.77 bits per heavy atom. The molecule has 30 heavy (non-hydrogen) atoms. The van der Waals surface area contributed by atoms with Gasteiger partial charge in [0.15, 0.2) is 0 Å². The van der Waals surface area contributed by atoms with Crippen molar-refractivity contribution in [3.8, 4) is 0 Å². The number of nitro groups is 1. The number of nitro benzene ring substituents is 1. The van der Waals surface area contributed by atoms with Crippen LogP contribution >= 0.6 is 0 Å².